The van der Waals surface area contributed by atoms with Crippen LogP contribution in [-0.2, 0) is 9.53 Å². The normalized spacial score (nSPS) is 11.9. The number of carbonyl (C=O) groups is 1. The number of thiazole rings is 1. The highest BCUT2D eigenvalue weighted by Crippen LogP contribution is 2.23. The number of hydrogen-bond acceptors (Lipinski definition) is 5. The Morgan fingerprint density at radius 2 is 2.11 bits per heavy atom. The minimum absolute atomic E-state index is 0.340. The number of ether oxygens (including phenoxy) is 1. The Morgan fingerprint density at radius 1 is 1.39 bits per heavy atom. The maximum absolute atomic E-state index is 11.8. The molecule has 2 aromatic rings. The minimum atomic E-state index is -0.559. The van der Waals surface area contributed by atoms with Gasteiger partial charge in [0.1, 0.15) is 5.01 Å². The van der Waals surface area contributed by atoms with Gasteiger partial charge in [-0.2, -0.15) is 0 Å². The molecular formula is C13H14N2O2S. The van der Waals surface area contributed by atoms with Crippen molar-refractivity contribution in [2.75, 3.05) is 12.4 Å². The molecule has 5 heteroatoms. The summed E-state index contributed by atoms with van der Waals surface area (Å²) in [5, 5.41) is 5.76. The molecule has 0 aliphatic heterocycles. The fraction of sp³-hybridized carbons (Fsp3) is 0.231. The van der Waals surface area contributed by atoms with E-state index in [0.717, 1.165) is 11.4 Å². The Bertz CT molecular complexity index is 525. The molecule has 0 bridgehead atoms. The van der Waals surface area contributed by atoms with E-state index < -0.39 is 6.04 Å². The van der Waals surface area contributed by atoms with Gasteiger partial charge in [-0.05, 0) is 19.1 Å². The van der Waals surface area contributed by atoms with Crippen molar-refractivity contribution < 1.29 is 9.53 Å². The molecule has 0 saturated heterocycles. The van der Waals surface area contributed by atoms with E-state index >= 15 is 0 Å². The van der Waals surface area contributed by atoms with Crippen LogP contribution in [0.4, 0.5) is 5.69 Å². The molecule has 94 valence electrons. The second kappa shape index (κ2) is 5.64. The first-order valence-corrected chi connectivity index (χ1v) is 6.40. The fourth-order valence-electron chi connectivity index (χ4n) is 1.55. The minimum Gasteiger partial charge on any atom is -0.467 e. The van der Waals surface area contributed by atoms with E-state index in [1.807, 2.05) is 42.6 Å². The standard InChI is InChI=1S/C13H14N2O2S/c1-9-8-18-12(14-9)11(13(16)17-2)15-10-6-4-3-5-7-10/h3-8,11,15H,1-2H3. The zero-order valence-electron chi connectivity index (χ0n) is 10.2. The number of anilines is 1. The lowest BCUT2D eigenvalue weighted by Gasteiger charge is -2.15. The molecule has 1 heterocycles. The summed E-state index contributed by atoms with van der Waals surface area (Å²) in [6.07, 6.45) is 0. The third-order valence-corrected chi connectivity index (χ3v) is 3.43. The van der Waals surface area contributed by atoms with E-state index in [9.17, 15) is 4.79 Å². The van der Waals surface area contributed by atoms with E-state index in [4.69, 9.17) is 4.74 Å². The molecule has 0 fully saturated rings. The van der Waals surface area contributed by atoms with Gasteiger partial charge in [-0.1, -0.05) is 18.2 Å². The van der Waals surface area contributed by atoms with Gasteiger partial charge in [0, 0.05) is 16.8 Å². The van der Waals surface area contributed by atoms with Crippen molar-refractivity contribution in [2.45, 2.75) is 13.0 Å². The van der Waals surface area contributed by atoms with Gasteiger partial charge in [-0.3, -0.25) is 0 Å². The third kappa shape index (κ3) is 2.87. The Morgan fingerprint density at radius 3 is 2.67 bits per heavy atom. The number of nitrogens with zero attached hydrogens (tertiary/aromatic N) is 1. The molecule has 1 atom stereocenters. The van der Waals surface area contributed by atoms with Gasteiger partial charge in [-0.25, -0.2) is 9.78 Å². The predicted octanol–water partition coefficient (Wildman–Crippen LogP) is 2.78. The Kier molecular flexibility index (Phi) is 3.94. The molecule has 2 rings (SSSR count). The summed E-state index contributed by atoms with van der Waals surface area (Å²) < 4.78 is 4.81. The highest BCUT2D eigenvalue weighted by molar-refractivity contribution is 7.09. The summed E-state index contributed by atoms with van der Waals surface area (Å²) in [5.41, 5.74) is 1.76. The summed E-state index contributed by atoms with van der Waals surface area (Å²) in [7, 11) is 1.38. The number of nitrogens with one attached hydrogen (secondary N) is 1. The smallest absolute Gasteiger partial charge is 0.335 e. The van der Waals surface area contributed by atoms with Gasteiger partial charge in [0.15, 0.2) is 6.04 Å². The monoisotopic (exact) mass is 262 g/mol. The molecule has 18 heavy (non-hydrogen) atoms. The average Bonchev–Trinajstić information content (AvgIpc) is 2.83. The fourth-order valence-corrected chi connectivity index (χ4v) is 2.38. The van der Waals surface area contributed by atoms with Crippen molar-refractivity contribution in [1.82, 2.24) is 4.98 Å². The van der Waals surface area contributed by atoms with Gasteiger partial charge in [-0.15, -0.1) is 11.3 Å². The van der Waals surface area contributed by atoms with Crippen LogP contribution in [0.2, 0.25) is 0 Å². The van der Waals surface area contributed by atoms with Crippen LogP contribution in [-0.4, -0.2) is 18.1 Å². The van der Waals surface area contributed by atoms with Gasteiger partial charge in [0.2, 0.25) is 0 Å². The SMILES string of the molecule is COC(=O)C(Nc1ccccc1)c1nc(C)cs1. The number of aryl methyl sites for hydroxylation is 1. The van der Waals surface area contributed by atoms with Crippen molar-refractivity contribution in [3.05, 3.63) is 46.4 Å². The molecule has 0 amide bonds. The van der Waals surface area contributed by atoms with Crippen molar-refractivity contribution in [1.29, 1.82) is 0 Å². The molecule has 1 aromatic heterocycles. The van der Waals surface area contributed by atoms with Crippen LogP contribution in [0.15, 0.2) is 35.7 Å². The molecule has 0 spiro atoms. The summed E-state index contributed by atoms with van der Waals surface area (Å²) >= 11 is 1.45. The van der Waals surface area contributed by atoms with Gasteiger partial charge >= 0.3 is 5.97 Å². The number of rotatable bonds is 4. The quantitative estimate of drug-likeness (QED) is 0.861. The molecule has 0 saturated carbocycles. The van der Waals surface area contributed by atoms with E-state index in [1.165, 1.54) is 18.4 Å². The van der Waals surface area contributed by atoms with Gasteiger partial charge < -0.3 is 10.1 Å². The highest BCUT2D eigenvalue weighted by atomic mass is 32.1. The predicted molar refractivity (Wildman–Crippen MR) is 71.7 cm³/mol. The lowest BCUT2D eigenvalue weighted by atomic mass is 10.2. The van der Waals surface area contributed by atoms with E-state index in [0.29, 0.717) is 5.01 Å². The zero-order valence-corrected chi connectivity index (χ0v) is 11.0. The van der Waals surface area contributed by atoms with Crippen LogP contribution >= 0.6 is 11.3 Å². The van der Waals surface area contributed by atoms with Crippen LogP contribution in [0.25, 0.3) is 0 Å². The maximum Gasteiger partial charge on any atom is 0.335 e. The van der Waals surface area contributed by atoms with Crippen molar-refractivity contribution in [2.24, 2.45) is 0 Å². The highest BCUT2D eigenvalue weighted by Gasteiger charge is 2.24. The Labute approximate surface area is 110 Å². The number of para-hydroxylation sites is 1. The molecular weight excluding hydrogens is 248 g/mol. The van der Waals surface area contributed by atoms with Crippen molar-refractivity contribution in [3.8, 4) is 0 Å². The molecule has 0 radical (unpaired) electrons. The summed E-state index contributed by atoms with van der Waals surface area (Å²) in [4.78, 5) is 16.1. The molecule has 0 aliphatic carbocycles. The van der Waals surface area contributed by atoms with Crippen LogP contribution in [0.3, 0.4) is 0 Å². The van der Waals surface area contributed by atoms with Crippen molar-refractivity contribution in [3.63, 3.8) is 0 Å². The lowest BCUT2D eigenvalue weighted by Crippen LogP contribution is -2.22. The third-order valence-electron chi connectivity index (χ3n) is 2.41. The summed E-state index contributed by atoms with van der Waals surface area (Å²) in [6.45, 7) is 1.90. The molecule has 1 aromatic carbocycles. The van der Waals surface area contributed by atoms with Crippen LogP contribution in [0.5, 0.6) is 0 Å². The van der Waals surface area contributed by atoms with Crippen LogP contribution in [0, 0.1) is 6.92 Å². The van der Waals surface area contributed by atoms with E-state index in [-0.39, 0.29) is 5.97 Å². The van der Waals surface area contributed by atoms with E-state index in [2.05, 4.69) is 10.3 Å². The van der Waals surface area contributed by atoms with Crippen molar-refractivity contribution >= 4 is 23.0 Å². The number of methoxy groups -OCH3 is 1. The molecule has 0 aliphatic rings. The number of benzene rings is 1. The second-order valence-electron chi connectivity index (χ2n) is 3.79. The number of hydrogen-bond donors (Lipinski definition) is 1. The maximum atomic E-state index is 11.8. The number of aromatic nitrogens is 1. The van der Waals surface area contributed by atoms with Crippen LogP contribution < -0.4 is 5.32 Å². The summed E-state index contributed by atoms with van der Waals surface area (Å²) in [6, 6.07) is 8.97. The first kappa shape index (κ1) is 12.6. The average molecular weight is 262 g/mol. The van der Waals surface area contributed by atoms with E-state index in [1.54, 1.807) is 0 Å². The Balaban J connectivity index is 2.24. The largest absolute Gasteiger partial charge is 0.467 e. The first-order chi connectivity index (χ1) is 8.70. The number of carbonyl (C=O) groups excluding carboxylic acids is 1. The van der Waals surface area contributed by atoms with Crippen LogP contribution in [0.1, 0.15) is 16.7 Å². The van der Waals surface area contributed by atoms with Gasteiger partial charge in [0.25, 0.3) is 0 Å². The topological polar surface area (TPSA) is 51.2 Å². The lowest BCUT2D eigenvalue weighted by molar-refractivity contribution is -0.141. The molecule has 4 nitrogen and oxygen atoms in total. The zero-order chi connectivity index (χ0) is 13.0. The molecule has 1 N–H and O–H groups in total. The Hall–Kier alpha value is -1.88. The second-order valence-corrected chi connectivity index (χ2v) is 4.68. The molecule has 1 unspecified atom stereocenters. The van der Waals surface area contributed by atoms with Gasteiger partial charge in [0.05, 0.1) is 7.11 Å². The summed E-state index contributed by atoms with van der Waals surface area (Å²) in [5.74, 6) is -0.340. The first-order valence-electron chi connectivity index (χ1n) is 5.52. The number of esters is 1.